The first-order chi connectivity index (χ1) is 8.23. The molecule has 0 aliphatic rings. The van der Waals surface area contributed by atoms with Crippen LogP contribution in [0.4, 0.5) is 11.4 Å². The summed E-state index contributed by atoms with van der Waals surface area (Å²) in [5, 5.41) is 13.3. The van der Waals surface area contributed by atoms with E-state index in [0.29, 0.717) is 0 Å². The highest BCUT2D eigenvalue weighted by Gasteiger charge is 2.25. The van der Waals surface area contributed by atoms with Crippen LogP contribution in [0.5, 0.6) is 0 Å². The monoisotopic (exact) mass is 273 g/mol. The SMILES string of the molecule is CS(=O)(=O)c1cccc(NCC(N)=O)c1[N+](=O)[O-]. The lowest BCUT2D eigenvalue weighted by atomic mass is 10.2. The summed E-state index contributed by atoms with van der Waals surface area (Å²) in [6, 6.07) is 3.77. The van der Waals surface area contributed by atoms with E-state index in [1.165, 1.54) is 12.1 Å². The molecule has 1 rings (SSSR count). The van der Waals surface area contributed by atoms with E-state index in [2.05, 4.69) is 5.32 Å². The van der Waals surface area contributed by atoms with Gasteiger partial charge in [-0.05, 0) is 12.1 Å². The Bertz CT molecular complexity index is 596. The minimum Gasteiger partial charge on any atom is -0.371 e. The molecular formula is C9H11N3O5S. The summed E-state index contributed by atoms with van der Waals surface area (Å²) in [6.45, 7) is -0.325. The molecule has 0 radical (unpaired) electrons. The number of nitro benzene ring substituents is 1. The van der Waals surface area contributed by atoms with Gasteiger partial charge < -0.3 is 11.1 Å². The second-order valence-corrected chi connectivity index (χ2v) is 5.49. The zero-order chi connectivity index (χ0) is 13.9. The number of nitrogens with one attached hydrogen (secondary N) is 1. The van der Waals surface area contributed by atoms with Gasteiger partial charge in [-0.15, -0.1) is 0 Å². The molecule has 0 fully saturated rings. The van der Waals surface area contributed by atoms with E-state index < -0.39 is 31.3 Å². The van der Waals surface area contributed by atoms with Gasteiger partial charge in [-0.1, -0.05) is 6.07 Å². The third-order valence-corrected chi connectivity index (χ3v) is 3.16. The van der Waals surface area contributed by atoms with Gasteiger partial charge in [-0.2, -0.15) is 0 Å². The Hall–Kier alpha value is -2.16. The van der Waals surface area contributed by atoms with Crippen molar-refractivity contribution in [2.45, 2.75) is 4.90 Å². The predicted octanol–water partition coefficient (Wildman–Crippen LogP) is -0.104. The Kier molecular flexibility index (Phi) is 3.86. The van der Waals surface area contributed by atoms with E-state index in [0.717, 1.165) is 12.3 Å². The molecular weight excluding hydrogens is 262 g/mol. The first kappa shape index (κ1) is 13.9. The highest BCUT2D eigenvalue weighted by atomic mass is 32.2. The molecule has 3 N–H and O–H groups in total. The molecule has 9 heteroatoms. The Labute approximate surface area is 103 Å². The van der Waals surface area contributed by atoms with Crippen LogP contribution in [-0.2, 0) is 14.6 Å². The summed E-state index contributed by atoms with van der Waals surface area (Å²) in [6.07, 6.45) is 0.868. The number of carbonyl (C=O) groups is 1. The van der Waals surface area contributed by atoms with E-state index in [-0.39, 0.29) is 12.2 Å². The van der Waals surface area contributed by atoms with Crippen molar-refractivity contribution in [1.82, 2.24) is 0 Å². The molecule has 0 saturated heterocycles. The average molecular weight is 273 g/mol. The maximum Gasteiger partial charge on any atom is 0.310 e. The fourth-order valence-electron chi connectivity index (χ4n) is 1.33. The van der Waals surface area contributed by atoms with Gasteiger partial charge in [-0.3, -0.25) is 14.9 Å². The van der Waals surface area contributed by atoms with Crippen molar-refractivity contribution in [3.63, 3.8) is 0 Å². The summed E-state index contributed by atoms with van der Waals surface area (Å²) in [7, 11) is -3.74. The van der Waals surface area contributed by atoms with E-state index in [1.54, 1.807) is 0 Å². The number of nitrogens with zero attached hydrogens (tertiary/aromatic N) is 1. The van der Waals surface area contributed by atoms with Crippen molar-refractivity contribution in [2.24, 2.45) is 5.73 Å². The van der Waals surface area contributed by atoms with Crippen LogP contribution in [0.1, 0.15) is 0 Å². The van der Waals surface area contributed by atoms with Crippen LogP contribution >= 0.6 is 0 Å². The molecule has 0 heterocycles. The molecule has 1 aromatic carbocycles. The number of sulfone groups is 1. The number of nitrogens with two attached hydrogens (primary N) is 1. The number of primary amides is 1. The molecule has 0 saturated carbocycles. The third kappa shape index (κ3) is 3.17. The summed E-state index contributed by atoms with van der Waals surface area (Å²) in [5.41, 5.74) is 4.24. The van der Waals surface area contributed by atoms with Crippen LogP contribution in [-0.4, -0.2) is 32.0 Å². The first-order valence-electron chi connectivity index (χ1n) is 4.73. The van der Waals surface area contributed by atoms with Gasteiger partial charge in [0.2, 0.25) is 5.91 Å². The van der Waals surface area contributed by atoms with Crippen LogP contribution < -0.4 is 11.1 Å². The molecule has 1 aromatic rings. The highest BCUT2D eigenvalue weighted by molar-refractivity contribution is 7.90. The number of carbonyl (C=O) groups excluding carboxylic acids is 1. The quantitative estimate of drug-likeness (QED) is 0.568. The number of amides is 1. The minimum absolute atomic E-state index is 0.0678. The number of rotatable bonds is 5. The van der Waals surface area contributed by atoms with Crippen LogP contribution in [0.25, 0.3) is 0 Å². The van der Waals surface area contributed by atoms with Gasteiger partial charge in [0.1, 0.15) is 10.6 Å². The first-order valence-corrected chi connectivity index (χ1v) is 6.62. The lowest BCUT2D eigenvalue weighted by Crippen LogP contribution is -2.22. The number of para-hydroxylation sites is 1. The fraction of sp³-hybridized carbons (Fsp3) is 0.222. The van der Waals surface area contributed by atoms with Gasteiger partial charge in [0.15, 0.2) is 9.84 Å². The highest BCUT2D eigenvalue weighted by Crippen LogP contribution is 2.31. The van der Waals surface area contributed by atoms with Crippen molar-refractivity contribution < 1.29 is 18.1 Å². The Morgan fingerprint density at radius 2 is 2.11 bits per heavy atom. The number of benzene rings is 1. The summed E-state index contributed by atoms with van der Waals surface area (Å²) < 4.78 is 22.8. The Morgan fingerprint density at radius 1 is 1.50 bits per heavy atom. The fourth-order valence-corrected chi connectivity index (χ4v) is 2.20. The zero-order valence-corrected chi connectivity index (χ0v) is 10.2. The number of hydrogen-bond donors (Lipinski definition) is 2. The largest absolute Gasteiger partial charge is 0.371 e. The molecule has 0 spiro atoms. The maximum atomic E-state index is 11.4. The van der Waals surface area contributed by atoms with Gasteiger partial charge in [0, 0.05) is 6.26 Å². The molecule has 0 unspecified atom stereocenters. The van der Waals surface area contributed by atoms with Gasteiger partial charge >= 0.3 is 5.69 Å². The van der Waals surface area contributed by atoms with E-state index in [9.17, 15) is 23.3 Å². The van der Waals surface area contributed by atoms with Gasteiger partial charge in [0.05, 0.1) is 11.5 Å². The summed E-state index contributed by atoms with van der Waals surface area (Å²) in [5.74, 6) is -0.714. The van der Waals surface area contributed by atoms with E-state index >= 15 is 0 Å². The molecule has 0 aromatic heterocycles. The van der Waals surface area contributed by atoms with Crippen LogP contribution in [0.2, 0.25) is 0 Å². The minimum atomic E-state index is -3.74. The van der Waals surface area contributed by atoms with Crippen LogP contribution in [0, 0.1) is 10.1 Å². The standard InChI is InChI=1S/C9H11N3O5S/c1-18(16,17)7-4-2-3-6(9(7)12(14)15)11-5-8(10)13/h2-4,11H,5H2,1H3,(H2,10,13). The lowest BCUT2D eigenvalue weighted by Gasteiger charge is -2.07. The topological polar surface area (TPSA) is 132 Å². The van der Waals surface area contributed by atoms with Gasteiger partial charge in [-0.25, -0.2) is 8.42 Å². The van der Waals surface area contributed by atoms with E-state index in [4.69, 9.17) is 5.73 Å². The normalized spacial score (nSPS) is 10.9. The molecule has 0 atom stereocenters. The maximum absolute atomic E-state index is 11.4. The molecule has 8 nitrogen and oxygen atoms in total. The molecule has 1 amide bonds. The Balaban J connectivity index is 3.36. The van der Waals surface area contributed by atoms with Crippen molar-refractivity contribution in [2.75, 3.05) is 18.1 Å². The summed E-state index contributed by atoms with van der Waals surface area (Å²) in [4.78, 5) is 20.3. The van der Waals surface area contributed by atoms with Crippen molar-refractivity contribution in [1.29, 1.82) is 0 Å². The van der Waals surface area contributed by atoms with E-state index in [1.807, 2.05) is 0 Å². The predicted molar refractivity (Wildman–Crippen MR) is 63.9 cm³/mol. The second-order valence-electron chi connectivity index (χ2n) is 3.50. The smallest absolute Gasteiger partial charge is 0.310 e. The average Bonchev–Trinajstić information content (AvgIpc) is 2.24. The molecule has 0 bridgehead atoms. The zero-order valence-electron chi connectivity index (χ0n) is 9.41. The van der Waals surface area contributed by atoms with Crippen molar-refractivity contribution >= 4 is 27.1 Å². The molecule has 18 heavy (non-hydrogen) atoms. The lowest BCUT2D eigenvalue weighted by molar-refractivity contribution is -0.386. The summed E-state index contributed by atoms with van der Waals surface area (Å²) >= 11 is 0. The number of anilines is 1. The van der Waals surface area contributed by atoms with Crippen LogP contribution in [0.3, 0.4) is 0 Å². The van der Waals surface area contributed by atoms with Crippen LogP contribution in [0.15, 0.2) is 23.1 Å². The second kappa shape index (κ2) is 5.00. The van der Waals surface area contributed by atoms with Crippen molar-refractivity contribution in [3.05, 3.63) is 28.3 Å². The Morgan fingerprint density at radius 3 is 2.56 bits per heavy atom. The molecule has 98 valence electrons. The van der Waals surface area contributed by atoms with Gasteiger partial charge in [0.25, 0.3) is 0 Å². The number of hydrogen-bond acceptors (Lipinski definition) is 6. The molecule has 0 aliphatic carbocycles. The number of nitro groups is 1. The van der Waals surface area contributed by atoms with Crippen molar-refractivity contribution in [3.8, 4) is 0 Å². The molecule has 0 aliphatic heterocycles. The third-order valence-electron chi connectivity index (χ3n) is 2.03.